The van der Waals surface area contributed by atoms with Gasteiger partial charge in [0.1, 0.15) is 0 Å². The van der Waals surface area contributed by atoms with E-state index < -0.39 is 0 Å². The van der Waals surface area contributed by atoms with E-state index in [1.54, 1.807) is 0 Å². The van der Waals surface area contributed by atoms with E-state index in [9.17, 15) is 4.79 Å². The highest BCUT2D eigenvalue weighted by Crippen LogP contribution is 2.24. The zero-order chi connectivity index (χ0) is 12.0. The zero-order valence-electron chi connectivity index (χ0n) is 10.5. The summed E-state index contributed by atoms with van der Waals surface area (Å²) in [7, 11) is 0. The molecular formula is C13H24BrNO. The van der Waals surface area contributed by atoms with Crippen LogP contribution in [0.5, 0.6) is 0 Å². The lowest BCUT2D eigenvalue weighted by Crippen LogP contribution is -2.42. The van der Waals surface area contributed by atoms with Gasteiger partial charge in [0, 0.05) is 17.3 Å². The molecule has 0 aromatic heterocycles. The molecule has 0 saturated heterocycles. The quantitative estimate of drug-likeness (QED) is 0.772. The molecule has 2 nitrogen and oxygen atoms in total. The lowest BCUT2D eigenvalue weighted by molar-refractivity contribution is -0.127. The second-order valence-corrected chi connectivity index (χ2v) is 5.96. The molecule has 0 radical (unpaired) electrons. The van der Waals surface area contributed by atoms with Gasteiger partial charge in [-0.05, 0) is 25.2 Å². The molecule has 1 aliphatic rings. The number of amides is 1. The molecule has 0 aliphatic heterocycles. The van der Waals surface area contributed by atoms with Crippen molar-refractivity contribution in [3.63, 3.8) is 0 Å². The van der Waals surface area contributed by atoms with Crippen molar-refractivity contribution in [2.45, 2.75) is 58.4 Å². The van der Waals surface area contributed by atoms with E-state index in [0.29, 0.717) is 17.9 Å². The highest BCUT2D eigenvalue weighted by atomic mass is 79.9. The fourth-order valence-corrected chi connectivity index (χ4v) is 2.85. The zero-order valence-corrected chi connectivity index (χ0v) is 12.1. The van der Waals surface area contributed by atoms with Crippen LogP contribution < -0.4 is 5.32 Å². The number of hydrogen-bond donors (Lipinski definition) is 1. The maximum atomic E-state index is 12.1. The van der Waals surface area contributed by atoms with Crippen molar-refractivity contribution in [2.75, 3.05) is 5.33 Å². The van der Waals surface area contributed by atoms with Crippen LogP contribution in [-0.4, -0.2) is 17.3 Å². The van der Waals surface area contributed by atoms with Gasteiger partial charge in [-0.2, -0.15) is 0 Å². The molecule has 1 fully saturated rings. The van der Waals surface area contributed by atoms with Gasteiger partial charge in [0.2, 0.25) is 5.91 Å². The average Bonchev–Trinajstić information content (AvgIpc) is 2.29. The minimum atomic E-state index is 0.283. The van der Waals surface area contributed by atoms with Gasteiger partial charge in [-0.3, -0.25) is 4.79 Å². The molecular weight excluding hydrogens is 266 g/mol. The van der Waals surface area contributed by atoms with Crippen LogP contribution in [-0.2, 0) is 4.79 Å². The van der Waals surface area contributed by atoms with E-state index in [1.165, 1.54) is 19.3 Å². The Kier molecular flexibility index (Phi) is 6.40. The summed E-state index contributed by atoms with van der Waals surface area (Å²) >= 11 is 3.45. The summed E-state index contributed by atoms with van der Waals surface area (Å²) in [5.74, 6) is 1.09. The highest BCUT2D eigenvalue weighted by molar-refractivity contribution is 9.09. The third-order valence-corrected chi connectivity index (χ3v) is 3.99. The SMILES string of the molecule is CC(C)C(CCBr)NC(=O)C1CCCCC1. The Bertz CT molecular complexity index is 212. The number of nitrogens with one attached hydrogen (secondary N) is 1. The molecule has 1 N–H and O–H groups in total. The first-order valence-corrected chi connectivity index (χ1v) is 7.63. The average molecular weight is 290 g/mol. The molecule has 3 heteroatoms. The molecule has 0 aromatic rings. The van der Waals surface area contributed by atoms with Gasteiger partial charge in [-0.1, -0.05) is 49.0 Å². The first-order valence-electron chi connectivity index (χ1n) is 6.51. The predicted molar refractivity (Wildman–Crippen MR) is 71.8 cm³/mol. The lowest BCUT2D eigenvalue weighted by atomic mass is 9.88. The second kappa shape index (κ2) is 7.31. The molecule has 1 amide bonds. The van der Waals surface area contributed by atoms with E-state index in [-0.39, 0.29) is 5.92 Å². The van der Waals surface area contributed by atoms with Gasteiger partial charge in [-0.15, -0.1) is 0 Å². The summed E-state index contributed by atoms with van der Waals surface area (Å²) < 4.78 is 0. The van der Waals surface area contributed by atoms with Crippen molar-refractivity contribution in [3.8, 4) is 0 Å². The summed E-state index contributed by atoms with van der Waals surface area (Å²) in [5, 5.41) is 4.18. The molecule has 16 heavy (non-hydrogen) atoms. The molecule has 1 aliphatic carbocycles. The van der Waals surface area contributed by atoms with Crippen LogP contribution in [0, 0.1) is 11.8 Å². The molecule has 1 rings (SSSR count). The van der Waals surface area contributed by atoms with Crippen molar-refractivity contribution in [3.05, 3.63) is 0 Å². The summed E-state index contributed by atoms with van der Waals surface area (Å²) in [6.07, 6.45) is 6.95. The van der Waals surface area contributed by atoms with Crippen molar-refractivity contribution in [1.82, 2.24) is 5.32 Å². The smallest absolute Gasteiger partial charge is 0.223 e. The molecule has 1 unspecified atom stereocenters. The van der Waals surface area contributed by atoms with E-state index in [0.717, 1.165) is 24.6 Å². The number of alkyl halides is 1. The first kappa shape index (κ1) is 14.0. The van der Waals surface area contributed by atoms with Crippen LogP contribution >= 0.6 is 15.9 Å². The maximum Gasteiger partial charge on any atom is 0.223 e. The number of hydrogen-bond acceptors (Lipinski definition) is 1. The van der Waals surface area contributed by atoms with E-state index >= 15 is 0 Å². The third kappa shape index (κ3) is 4.44. The molecule has 0 heterocycles. The Hall–Kier alpha value is -0.0500. The minimum Gasteiger partial charge on any atom is -0.353 e. The van der Waals surface area contributed by atoms with Crippen molar-refractivity contribution in [1.29, 1.82) is 0 Å². The number of carbonyl (C=O) groups excluding carboxylic acids is 1. The fourth-order valence-electron chi connectivity index (χ4n) is 2.36. The van der Waals surface area contributed by atoms with Gasteiger partial charge in [0.15, 0.2) is 0 Å². The van der Waals surface area contributed by atoms with E-state index in [4.69, 9.17) is 0 Å². The summed E-state index contributed by atoms with van der Waals surface area (Å²) in [6.45, 7) is 4.35. The maximum absolute atomic E-state index is 12.1. The third-order valence-electron chi connectivity index (χ3n) is 3.53. The van der Waals surface area contributed by atoms with Gasteiger partial charge in [0.25, 0.3) is 0 Å². The number of rotatable bonds is 5. The van der Waals surface area contributed by atoms with E-state index in [2.05, 4.69) is 35.1 Å². The Labute approximate surface area is 108 Å². The molecule has 0 aromatic carbocycles. The number of carbonyl (C=O) groups is 1. The topological polar surface area (TPSA) is 29.1 Å². The molecule has 0 spiro atoms. The Morgan fingerprint density at radius 3 is 2.44 bits per heavy atom. The predicted octanol–water partition coefficient (Wildman–Crippen LogP) is 3.49. The summed E-state index contributed by atoms with van der Waals surface area (Å²) in [6, 6.07) is 0.328. The molecule has 94 valence electrons. The van der Waals surface area contributed by atoms with Crippen LogP contribution in [0.2, 0.25) is 0 Å². The van der Waals surface area contributed by atoms with Crippen LogP contribution in [0.15, 0.2) is 0 Å². The largest absolute Gasteiger partial charge is 0.353 e. The normalized spacial score (nSPS) is 19.8. The van der Waals surface area contributed by atoms with Gasteiger partial charge in [0.05, 0.1) is 0 Å². The first-order chi connectivity index (χ1) is 7.65. The van der Waals surface area contributed by atoms with Crippen molar-refractivity contribution in [2.24, 2.45) is 11.8 Å². The number of halogens is 1. The van der Waals surface area contributed by atoms with Crippen LogP contribution in [0.25, 0.3) is 0 Å². The summed E-state index contributed by atoms with van der Waals surface area (Å²) in [4.78, 5) is 12.1. The standard InChI is InChI=1S/C13H24BrNO/c1-10(2)12(8-9-14)15-13(16)11-6-4-3-5-7-11/h10-12H,3-9H2,1-2H3,(H,15,16). The van der Waals surface area contributed by atoms with Crippen molar-refractivity contribution >= 4 is 21.8 Å². The Morgan fingerprint density at radius 2 is 1.94 bits per heavy atom. The fraction of sp³-hybridized carbons (Fsp3) is 0.923. The van der Waals surface area contributed by atoms with Crippen LogP contribution in [0.4, 0.5) is 0 Å². The van der Waals surface area contributed by atoms with Gasteiger partial charge < -0.3 is 5.32 Å². The van der Waals surface area contributed by atoms with Gasteiger partial charge in [-0.25, -0.2) is 0 Å². The molecule has 1 atom stereocenters. The minimum absolute atomic E-state index is 0.283. The van der Waals surface area contributed by atoms with Gasteiger partial charge >= 0.3 is 0 Å². The Balaban J connectivity index is 2.40. The molecule has 0 bridgehead atoms. The van der Waals surface area contributed by atoms with E-state index in [1.807, 2.05) is 0 Å². The highest BCUT2D eigenvalue weighted by Gasteiger charge is 2.24. The summed E-state index contributed by atoms with van der Waals surface area (Å²) in [5.41, 5.74) is 0. The van der Waals surface area contributed by atoms with Crippen LogP contribution in [0.3, 0.4) is 0 Å². The Morgan fingerprint density at radius 1 is 1.31 bits per heavy atom. The lowest BCUT2D eigenvalue weighted by Gasteiger charge is -2.26. The van der Waals surface area contributed by atoms with Crippen LogP contribution in [0.1, 0.15) is 52.4 Å². The molecule has 1 saturated carbocycles. The monoisotopic (exact) mass is 289 g/mol. The second-order valence-electron chi connectivity index (χ2n) is 5.17. The van der Waals surface area contributed by atoms with Crippen molar-refractivity contribution < 1.29 is 4.79 Å².